The standard InChI is InChI=1S/C14H17Cl2N3/c15-6-5-13-18-12-9-17-8-11(16)14(12)19(13)7-1-2-10-3-4-10/h8-10H,1-7H2. The lowest BCUT2D eigenvalue weighted by molar-refractivity contribution is 0.571. The molecule has 2 aromatic rings. The number of imidazole rings is 1. The molecule has 3 rings (SSSR count). The molecule has 0 aromatic carbocycles. The Balaban J connectivity index is 1.89. The van der Waals surface area contributed by atoms with Crippen LogP contribution in [0.1, 0.15) is 31.5 Å². The fourth-order valence-electron chi connectivity index (χ4n) is 2.56. The number of pyridine rings is 1. The molecule has 5 heteroatoms. The molecule has 0 N–H and O–H groups in total. The van der Waals surface area contributed by atoms with Crippen molar-refractivity contribution in [1.29, 1.82) is 0 Å². The zero-order valence-corrected chi connectivity index (χ0v) is 12.3. The number of hydrogen-bond acceptors (Lipinski definition) is 2. The van der Waals surface area contributed by atoms with Gasteiger partial charge in [-0.05, 0) is 18.8 Å². The van der Waals surface area contributed by atoms with Gasteiger partial charge >= 0.3 is 0 Å². The first-order valence-corrected chi connectivity index (χ1v) is 7.75. The van der Waals surface area contributed by atoms with Crippen LogP contribution in [0.25, 0.3) is 11.0 Å². The highest BCUT2D eigenvalue weighted by Crippen LogP contribution is 2.34. The molecule has 1 fully saturated rings. The average molecular weight is 298 g/mol. The summed E-state index contributed by atoms with van der Waals surface area (Å²) in [4.78, 5) is 8.71. The van der Waals surface area contributed by atoms with Crippen LogP contribution in [0.2, 0.25) is 5.02 Å². The Kier molecular flexibility index (Phi) is 3.94. The molecule has 1 aliphatic carbocycles. The van der Waals surface area contributed by atoms with Crippen LogP contribution in [-0.4, -0.2) is 20.4 Å². The molecule has 0 bridgehead atoms. The summed E-state index contributed by atoms with van der Waals surface area (Å²) in [6.45, 7) is 0.975. The largest absolute Gasteiger partial charge is 0.327 e. The van der Waals surface area contributed by atoms with Gasteiger partial charge in [0.2, 0.25) is 0 Å². The Labute approximate surface area is 122 Å². The summed E-state index contributed by atoms with van der Waals surface area (Å²) in [5, 5.41) is 0.678. The molecule has 1 aliphatic rings. The Morgan fingerprint density at radius 2 is 2.16 bits per heavy atom. The summed E-state index contributed by atoms with van der Waals surface area (Å²) in [5.41, 5.74) is 1.88. The van der Waals surface area contributed by atoms with Gasteiger partial charge in [-0.2, -0.15) is 0 Å². The molecule has 0 radical (unpaired) electrons. The molecular weight excluding hydrogens is 281 g/mol. The SMILES string of the molecule is ClCCc1nc2cncc(Cl)c2n1CCCC1CC1. The highest BCUT2D eigenvalue weighted by molar-refractivity contribution is 6.34. The molecule has 0 aliphatic heterocycles. The van der Waals surface area contributed by atoms with Crippen LogP contribution in [-0.2, 0) is 13.0 Å². The molecule has 0 unspecified atom stereocenters. The van der Waals surface area contributed by atoms with Crippen molar-refractivity contribution in [1.82, 2.24) is 14.5 Å². The second kappa shape index (κ2) is 5.68. The summed E-state index contributed by atoms with van der Waals surface area (Å²) in [6, 6.07) is 0. The van der Waals surface area contributed by atoms with Gasteiger partial charge in [0.15, 0.2) is 0 Å². The first-order valence-electron chi connectivity index (χ1n) is 6.84. The summed E-state index contributed by atoms with van der Waals surface area (Å²) >= 11 is 12.1. The normalized spacial score (nSPS) is 15.3. The molecule has 0 atom stereocenters. The van der Waals surface area contributed by atoms with Crippen molar-refractivity contribution in [3.05, 3.63) is 23.2 Å². The van der Waals surface area contributed by atoms with E-state index in [4.69, 9.17) is 23.2 Å². The number of hydrogen-bond donors (Lipinski definition) is 0. The number of halogens is 2. The second-order valence-electron chi connectivity index (χ2n) is 5.19. The van der Waals surface area contributed by atoms with E-state index in [9.17, 15) is 0 Å². The van der Waals surface area contributed by atoms with Gasteiger partial charge in [0.1, 0.15) is 11.3 Å². The number of alkyl halides is 1. The topological polar surface area (TPSA) is 30.7 Å². The van der Waals surface area contributed by atoms with Gasteiger partial charge in [-0.25, -0.2) is 4.98 Å². The van der Waals surface area contributed by atoms with E-state index in [0.29, 0.717) is 10.9 Å². The molecule has 0 amide bonds. The maximum Gasteiger partial charge on any atom is 0.111 e. The van der Waals surface area contributed by atoms with Gasteiger partial charge in [0.25, 0.3) is 0 Å². The van der Waals surface area contributed by atoms with Crippen molar-refractivity contribution in [2.24, 2.45) is 5.92 Å². The third-order valence-electron chi connectivity index (χ3n) is 3.69. The predicted octanol–water partition coefficient (Wildman–Crippen LogP) is 4.06. The lowest BCUT2D eigenvalue weighted by Gasteiger charge is -2.09. The monoisotopic (exact) mass is 297 g/mol. The molecule has 0 saturated heterocycles. The summed E-state index contributed by atoms with van der Waals surface area (Å²) < 4.78 is 2.23. The molecule has 19 heavy (non-hydrogen) atoms. The smallest absolute Gasteiger partial charge is 0.111 e. The van der Waals surface area contributed by atoms with Gasteiger partial charge in [-0.1, -0.05) is 24.4 Å². The molecule has 0 spiro atoms. The molecule has 2 aromatic heterocycles. The van der Waals surface area contributed by atoms with Crippen LogP contribution in [0, 0.1) is 5.92 Å². The first kappa shape index (κ1) is 13.2. The van der Waals surface area contributed by atoms with E-state index in [2.05, 4.69) is 14.5 Å². The van der Waals surface area contributed by atoms with E-state index >= 15 is 0 Å². The number of rotatable bonds is 6. The summed E-state index contributed by atoms with van der Waals surface area (Å²) in [5.74, 6) is 2.57. The predicted molar refractivity (Wildman–Crippen MR) is 78.9 cm³/mol. The van der Waals surface area contributed by atoms with Gasteiger partial charge in [-0.15, -0.1) is 11.6 Å². The van der Waals surface area contributed by atoms with E-state index in [1.54, 1.807) is 12.4 Å². The zero-order valence-electron chi connectivity index (χ0n) is 10.8. The zero-order chi connectivity index (χ0) is 13.2. The van der Waals surface area contributed by atoms with Crippen LogP contribution in [0.4, 0.5) is 0 Å². The third-order valence-corrected chi connectivity index (χ3v) is 4.16. The van der Waals surface area contributed by atoms with Crippen LogP contribution < -0.4 is 0 Å². The minimum atomic E-state index is 0.580. The van der Waals surface area contributed by atoms with Crippen molar-refractivity contribution < 1.29 is 0 Å². The molecule has 102 valence electrons. The van der Waals surface area contributed by atoms with Crippen molar-refractivity contribution in [3.63, 3.8) is 0 Å². The van der Waals surface area contributed by atoms with Crippen LogP contribution in [0.15, 0.2) is 12.4 Å². The Bertz CT molecular complexity index is 575. The number of nitrogens with zero attached hydrogens (tertiary/aromatic N) is 3. The van der Waals surface area contributed by atoms with Crippen molar-refractivity contribution in [2.75, 3.05) is 5.88 Å². The second-order valence-corrected chi connectivity index (χ2v) is 5.98. The lowest BCUT2D eigenvalue weighted by Crippen LogP contribution is -2.05. The van der Waals surface area contributed by atoms with Crippen molar-refractivity contribution in [3.8, 4) is 0 Å². The van der Waals surface area contributed by atoms with Gasteiger partial charge in [0.05, 0.1) is 16.7 Å². The van der Waals surface area contributed by atoms with E-state index in [-0.39, 0.29) is 0 Å². The minimum absolute atomic E-state index is 0.580. The Morgan fingerprint density at radius 1 is 1.32 bits per heavy atom. The molecular formula is C14H17Cl2N3. The van der Waals surface area contributed by atoms with E-state index in [1.165, 1.54) is 25.7 Å². The van der Waals surface area contributed by atoms with Gasteiger partial charge < -0.3 is 4.57 Å². The van der Waals surface area contributed by atoms with Crippen LogP contribution >= 0.6 is 23.2 Å². The van der Waals surface area contributed by atoms with Gasteiger partial charge in [0, 0.05) is 25.0 Å². The van der Waals surface area contributed by atoms with Crippen LogP contribution in [0.5, 0.6) is 0 Å². The average Bonchev–Trinajstić information content (AvgIpc) is 3.14. The van der Waals surface area contributed by atoms with E-state index < -0.39 is 0 Å². The van der Waals surface area contributed by atoms with E-state index in [0.717, 1.165) is 35.7 Å². The Hall–Kier alpha value is -0.800. The summed E-state index contributed by atoms with van der Waals surface area (Å²) in [7, 11) is 0. The maximum atomic E-state index is 6.27. The fourth-order valence-corrected chi connectivity index (χ4v) is 2.98. The minimum Gasteiger partial charge on any atom is -0.327 e. The number of aryl methyl sites for hydroxylation is 2. The maximum absolute atomic E-state index is 6.27. The Morgan fingerprint density at radius 3 is 2.89 bits per heavy atom. The number of aromatic nitrogens is 3. The fraction of sp³-hybridized carbons (Fsp3) is 0.571. The summed E-state index contributed by atoms with van der Waals surface area (Å²) in [6.07, 6.45) is 9.54. The van der Waals surface area contributed by atoms with Crippen LogP contribution in [0.3, 0.4) is 0 Å². The van der Waals surface area contributed by atoms with Crippen molar-refractivity contribution in [2.45, 2.75) is 38.6 Å². The quantitative estimate of drug-likeness (QED) is 0.753. The molecule has 3 nitrogen and oxygen atoms in total. The lowest BCUT2D eigenvalue weighted by atomic mass is 10.2. The molecule has 2 heterocycles. The number of fused-ring (bicyclic) bond motifs is 1. The van der Waals surface area contributed by atoms with Gasteiger partial charge in [-0.3, -0.25) is 4.98 Å². The van der Waals surface area contributed by atoms with E-state index in [1.807, 2.05) is 0 Å². The molecule has 1 saturated carbocycles. The van der Waals surface area contributed by atoms with Crippen molar-refractivity contribution >= 4 is 34.2 Å². The highest BCUT2D eigenvalue weighted by Gasteiger charge is 2.21. The highest BCUT2D eigenvalue weighted by atomic mass is 35.5. The first-order chi connectivity index (χ1) is 9.29. The third kappa shape index (κ3) is 2.87.